The van der Waals surface area contributed by atoms with Crippen molar-refractivity contribution >= 4 is 13.7 Å². The Morgan fingerprint density at radius 3 is 1.05 bits per heavy atom. The number of nitrogens with one attached hydrogen (secondary N) is 1. The van der Waals surface area contributed by atoms with Crippen LogP contribution < -0.4 is 5.32 Å². The molecule has 3 unspecified atom stereocenters. The fraction of sp³-hybridized carbons (Fsp3) is 0.824. The predicted molar refractivity (Wildman–Crippen MR) is 364 cm³/mol. The van der Waals surface area contributed by atoms with E-state index in [-0.39, 0.29) is 19.1 Å². The molecule has 83 heavy (non-hydrogen) atoms. The molecule has 0 aliphatic rings. The normalized spacial score (nSPS) is 14.1. The Balaban J connectivity index is 4.12. The molecule has 0 rings (SSSR count). The molecular formula is C74H140N2O6P+. The van der Waals surface area contributed by atoms with Gasteiger partial charge in [-0.25, -0.2) is 4.57 Å². The fourth-order valence-corrected chi connectivity index (χ4v) is 11.3. The number of rotatable bonds is 66. The van der Waals surface area contributed by atoms with Crippen LogP contribution in [0.3, 0.4) is 0 Å². The Bertz CT molecular complexity index is 1580. The summed E-state index contributed by atoms with van der Waals surface area (Å²) in [5.41, 5.74) is 0. The maximum Gasteiger partial charge on any atom is 0.472 e. The number of quaternary nitrogens is 1. The molecule has 1 amide bonds. The lowest BCUT2D eigenvalue weighted by Crippen LogP contribution is -2.45. The molecule has 3 atom stereocenters. The second-order valence-electron chi connectivity index (χ2n) is 25.6. The summed E-state index contributed by atoms with van der Waals surface area (Å²) in [4.78, 5) is 23.4. The first-order valence-corrected chi connectivity index (χ1v) is 37.3. The van der Waals surface area contributed by atoms with Crippen LogP contribution in [0.4, 0.5) is 0 Å². The number of likely N-dealkylation sites (N-methyl/N-ethyl adjacent to an activating group) is 1. The van der Waals surface area contributed by atoms with Crippen molar-refractivity contribution in [3.63, 3.8) is 0 Å². The summed E-state index contributed by atoms with van der Waals surface area (Å²) in [6, 6.07) is -0.875. The van der Waals surface area contributed by atoms with Gasteiger partial charge in [-0.1, -0.05) is 324 Å². The molecule has 0 saturated carbocycles. The van der Waals surface area contributed by atoms with E-state index in [1.54, 1.807) is 6.08 Å². The molecular weight excluding hydrogens is 1040 g/mol. The fourth-order valence-electron chi connectivity index (χ4n) is 10.6. The summed E-state index contributed by atoms with van der Waals surface area (Å²) >= 11 is 0. The van der Waals surface area contributed by atoms with Crippen LogP contribution in [-0.2, 0) is 18.4 Å². The summed E-state index contributed by atoms with van der Waals surface area (Å²) < 4.78 is 23.8. The van der Waals surface area contributed by atoms with Crippen molar-refractivity contribution in [2.45, 2.75) is 353 Å². The van der Waals surface area contributed by atoms with Crippen molar-refractivity contribution in [3.05, 3.63) is 72.9 Å². The first-order chi connectivity index (χ1) is 40.5. The van der Waals surface area contributed by atoms with Gasteiger partial charge < -0.3 is 19.8 Å². The average molecular weight is 1180 g/mol. The third kappa shape index (κ3) is 67.3. The lowest BCUT2D eigenvalue weighted by atomic mass is 10.0. The third-order valence-electron chi connectivity index (χ3n) is 16.1. The number of phosphoric ester groups is 1. The smallest absolute Gasteiger partial charge is 0.387 e. The zero-order valence-electron chi connectivity index (χ0n) is 55.7. The quantitative estimate of drug-likeness (QED) is 0.0243. The Kier molecular flexibility index (Phi) is 62.8. The van der Waals surface area contributed by atoms with Crippen LogP contribution in [0.2, 0.25) is 0 Å². The van der Waals surface area contributed by atoms with Gasteiger partial charge >= 0.3 is 7.82 Å². The van der Waals surface area contributed by atoms with Gasteiger partial charge in [0.15, 0.2) is 0 Å². The largest absolute Gasteiger partial charge is 0.472 e. The van der Waals surface area contributed by atoms with Crippen molar-refractivity contribution in [1.29, 1.82) is 0 Å². The van der Waals surface area contributed by atoms with Crippen molar-refractivity contribution in [2.24, 2.45) is 0 Å². The van der Waals surface area contributed by atoms with Crippen LogP contribution in [0.1, 0.15) is 341 Å². The lowest BCUT2D eigenvalue weighted by molar-refractivity contribution is -0.870. The summed E-state index contributed by atoms with van der Waals surface area (Å²) in [6.07, 6.45) is 90.6. The van der Waals surface area contributed by atoms with Crippen LogP contribution in [0, 0.1) is 0 Å². The van der Waals surface area contributed by atoms with Crippen LogP contribution in [0.15, 0.2) is 72.9 Å². The van der Waals surface area contributed by atoms with E-state index in [2.05, 4.69) is 79.9 Å². The molecule has 0 aromatic rings. The number of nitrogens with zero attached hydrogens (tertiary/aromatic N) is 1. The number of carbonyl (C=O) groups excluding carboxylic acids is 1. The summed E-state index contributed by atoms with van der Waals surface area (Å²) in [5, 5.41) is 14.0. The Labute approximate surface area is 516 Å². The third-order valence-corrected chi connectivity index (χ3v) is 17.1. The average Bonchev–Trinajstić information content (AvgIpc) is 3.49. The Morgan fingerprint density at radius 1 is 0.410 bits per heavy atom. The molecule has 0 aliphatic heterocycles. The van der Waals surface area contributed by atoms with Crippen LogP contribution >= 0.6 is 7.82 Å². The second kappa shape index (κ2) is 64.4. The number of carbonyl (C=O) groups is 1. The topological polar surface area (TPSA) is 105 Å². The molecule has 0 saturated heterocycles. The van der Waals surface area contributed by atoms with Crippen molar-refractivity contribution < 1.29 is 32.9 Å². The first kappa shape index (κ1) is 80.9. The maximum atomic E-state index is 13.1. The van der Waals surface area contributed by atoms with E-state index in [1.165, 1.54) is 263 Å². The van der Waals surface area contributed by atoms with Gasteiger partial charge in [-0.3, -0.25) is 13.8 Å². The summed E-state index contributed by atoms with van der Waals surface area (Å²) in [6.45, 7) is 4.82. The minimum Gasteiger partial charge on any atom is -0.387 e. The molecule has 0 aromatic heterocycles. The van der Waals surface area contributed by atoms with E-state index in [0.717, 1.165) is 57.8 Å². The van der Waals surface area contributed by atoms with Gasteiger partial charge in [0, 0.05) is 6.42 Å². The summed E-state index contributed by atoms with van der Waals surface area (Å²) in [7, 11) is 1.55. The van der Waals surface area contributed by atoms with E-state index >= 15 is 0 Å². The van der Waals surface area contributed by atoms with Crippen LogP contribution in [0.5, 0.6) is 0 Å². The van der Waals surface area contributed by atoms with E-state index < -0.39 is 20.0 Å². The van der Waals surface area contributed by atoms with E-state index in [0.29, 0.717) is 17.4 Å². The Morgan fingerprint density at radius 2 is 0.699 bits per heavy atom. The molecule has 8 nitrogen and oxygen atoms in total. The number of amides is 1. The second-order valence-corrected chi connectivity index (χ2v) is 27.0. The van der Waals surface area contributed by atoms with Crippen molar-refractivity contribution in [2.75, 3.05) is 40.9 Å². The Hall–Kier alpha value is -2.06. The van der Waals surface area contributed by atoms with E-state index in [4.69, 9.17) is 9.05 Å². The maximum absolute atomic E-state index is 13.1. The minimum absolute atomic E-state index is 0.0522. The van der Waals surface area contributed by atoms with Gasteiger partial charge in [0.05, 0.1) is 39.9 Å². The van der Waals surface area contributed by atoms with Crippen molar-refractivity contribution in [3.8, 4) is 0 Å². The standard InChI is InChI=1S/C74H139N2O6P/c1-6-8-10-12-14-16-18-20-22-24-26-28-30-32-34-36-38-40-42-44-46-48-50-52-54-56-58-60-62-64-66-68-74(78)75-72(71-82-83(79,80)81-70-69-76(3,4)5)73(77)67-65-63-61-59-57-55-53-51-49-47-45-43-41-39-37-35-33-31-29-27-25-23-21-19-17-15-13-11-9-7-2/h18,20,24,26,30,32,49,51,57,59,65,67,72-73,77H,6-17,19,21-23,25,27-29,31,33-48,50,52-56,58,60-64,66,68-71H2,1-5H3,(H-,75,78,79,80)/p+1/b20-18-,26-24-,32-30-,51-49+,59-57+,67-65+. The lowest BCUT2D eigenvalue weighted by Gasteiger charge is -2.25. The highest BCUT2D eigenvalue weighted by atomic mass is 31.2. The molecule has 0 aromatic carbocycles. The zero-order valence-corrected chi connectivity index (χ0v) is 56.6. The molecule has 0 fully saturated rings. The number of hydrogen-bond acceptors (Lipinski definition) is 5. The summed E-state index contributed by atoms with van der Waals surface area (Å²) in [5.74, 6) is -0.188. The number of hydrogen-bond donors (Lipinski definition) is 3. The molecule has 486 valence electrons. The molecule has 0 aliphatic carbocycles. The van der Waals surface area contributed by atoms with Gasteiger partial charge in [0.25, 0.3) is 0 Å². The van der Waals surface area contributed by atoms with Gasteiger partial charge in [-0.15, -0.1) is 0 Å². The molecule has 0 radical (unpaired) electrons. The van der Waals surface area contributed by atoms with Gasteiger partial charge in [-0.2, -0.15) is 0 Å². The highest BCUT2D eigenvalue weighted by Gasteiger charge is 2.28. The number of aliphatic hydroxyl groups excluding tert-OH is 1. The van der Waals surface area contributed by atoms with Crippen LogP contribution in [0.25, 0.3) is 0 Å². The highest BCUT2D eigenvalue weighted by molar-refractivity contribution is 7.47. The molecule has 9 heteroatoms. The molecule has 3 N–H and O–H groups in total. The van der Waals surface area contributed by atoms with Gasteiger partial charge in [-0.05, 0) is 83.5 Å². The van der Waals surface area contributed by atoms with E-state index in [1.807, 2.05) is 27.2 Å². The molecule has 0 bridgehead atoms. The minimum atomic E-state index is -4.37. The van der Waals surface area contributed by atoms with Gasteiger partial charge in [0.1, 0.15) is 13.2 Å². The van der Waals surface area contributed by atoms with Crippen molar-refractivity contribution in [1.82, 2.24) is 5.32 Å². The number of unbranched alkanes of at least 4 members (excludes halogenated alkanes) is 43. The number of aliphatic hydroxyl groups is 1. The highest BCUT2D eigenvalue weighted by Crippen LogP contribution is 2.43. The first-order valence-electron chi connectivity index (χ1n) is 35.8. The predicted octanol–water partition coefficient (Wildman–Crippen LogP) is 22.9. The van der Waals surface area contributed by atoms with Crippen LogP contribution in [-0.4, -0.2) is 73.4 Å². The van der Waals surface area contributed by atoms with E-state index in [9.17, 15) is 19.4 Å². The SMILES string of the molecule is CCCCCCC/C=C\C/C=C\C/C=C\CCCCCCCCCCCCCCCCCCC(=O)NC(COP(=O)(O)OCC[N+](C)(C)C)C(O)/C=C/CC/C=C/CC/C=C/CCCCCCCCCCCCCCCCCCCCCC. The molecule has 0 spiro atoms. The molecule has 0 heterocycles. The monoisotopic (exact) mass is 1180 g/mol. The number of phosphoric acid groups is 1. The zero-order chi connectivity index (χ0) is 60.5. The van der Waals surface area contributed by atoms with Gasteiger partial charge in [0.2, 0.25) is 5.91 Å². The number of allylic oxidation sites excluding steroid dienone is 11.